The molecule has 2 aliphatic rings. The lowest BCUT2D eigenvalue weighted by Crippen LogP contribution is -2.47. The number of nitrogens with one attached hydrogen (secondary N) is 1. The van der Waals surface area contributed by atoms with Crippen molar-refractivity contribution in [1.29, 1.82) is 0 Å². The second-order valence-electron chi connectivity index (χ2n) is 8.02. The zero-order valence-electron chi connectivity index (χ0n) is 16.9. The van der Waals surface area contributed by atoms with Gasteiger partial charge in [0.05, 0.1) is 6.17 Å². The van der Waals surface area contributed by atoms with Crippen LogP contribution in [0.3, 0.4) is 0 Å². The van der Waals surface area contributed by atoms with Gasteiger partial charge in [-0.2, -0.15) is 0 Å². The third-order valence-corrected chi connectivity index (χ3v) is 6.23. The van der Waals surface area contributed by atoms with Crippen molar-refractivity contribution in [1.82, 2.24) is 10.2 Å². The Morgan fingerprint density at radius 1 is 1.25 bits per heavy atom. The standard InChI is InChI=1S/C23H29N3O2/c1-4-24-22(27)28-18-10-11-20-19(16-18)23(2)13-15-26(21(23)25(20)3)14-12-17-8-6-5-7-9-17/h5-11,16,21H,4,12-15H2,1-3H3,(H,24,27)/t21?,23-/m0/s1. The van der Waals surface area contributed by atoms with Crippen LogP contribution in [0.1, 0.15) is 31.4 Å². The van der Waals surface area contributed by atoms with Crippen molar-refractivity contribution in [3.63, 3.8) is 0 Å². The van der Waals surface area contributed by atoms with Crippen molar-refractivity contribution in [2.45, 2.75) is 38.3 Å². The number of ether oxygens (including phenoxy) is 1. The van der Waals surface area contributed by atoms with Crippen LogP contribution >= 0.6 is 0 Å². The largest absolute Gasteiger partial charge is 0.412 e. The molecular formula is C23H29N3O2. The Morgan fingerprint density at radius 3 is 2.79 bits per heavy atom. The number of benzene rings is 2. The van der Waals surface area contributed by atoms with E-state index in [2.05, 4.69) is 71.6 Å². The normalized spacial score (nSPS) is 23.4. The van der Waals surface area contributed by atoms with Crippen LogP contribution in [0.2, 0.25) is 0 Å². The molecule has 1 saturated heterocycles. The molecule has 2 aromatic rings. The first kappa shape index (κ1) is 18.8. The quantitative estimate of drug-likeness (QED) is 0.859. The summed E-state index contributed by atoms with van der Waals surface area (Å²) < 4.78 is 5.46. The maximum atomic E-state index is 11.8. The van der Waals surface area contributed by atoms with Crippen molar-refractivity contribution >= 4 is 11.8 Å². The summed E-state index contributed by atoms with van der Waals surface area (Å²) in [5, 5.41) is 2.69. The first-order chi connectivity index (χ1) is 13.5. The Kier molecular flexibility index (Phi) is 5.02. The highest BCUT2D eigenvalue weighted by atomic mass is 16.6. The predicted octanol–water partition coefficient (Wildman–Crippen LogP) is 3.78. The number of hydrogen-bond acceptors (Lipinski definition) is 4. The van der Waals surface area contributed by atoms with Gasteiger partial charge in [0, 0.05) is 37.8 Å². The van der Waals surface area contributed by atoms with Gasteiger partial charge in [-0.3, -0.25) is 4.90 Å². The monoisotopic (exact) mass is 379 g/mol. The highest BCUT2D eigenvalue weighted by Gasteiger charge is 2.53. The summed E-state index contributed by atoms with van der Waals surface area (Å²) in [6.45, 7) is 6.91. The fourth-order valence-corrected chi connectivity index (χ4v) is 4.89. The summed E-state index contributed by atoms with van der Waals surface area (Å²) in [6.07, 6.45) is 2.11. The SMILES string of the molecule is CCNC(=O)Oc1ccc2c(c1)[C@]1(C)CCN(CCc3ccccc3)C1N2C. The Hall–Kier alpha value is -2.53. The second-order valence-corrected chi connectivity index (χ2v) is 8.02. The first-order valence-corrected chi connectivity index (χ1v) is 10.1. The number of hydrogen-bond donors (Lipinski definition) is 1. The molecule has 28 heavy (non-hydrogen) atoms. The van der Waals surface area contributed by atoms with E-state index in [0.29, 0.717) is 18.5 Å². The Balaban J connectivity index is 1.53. The molecule has 5 heteroatoms. The first-order valence-electron chi connectivity index (χ1n) is 10.1. The number of likely N-dealkylation sites (tertiary alicyclic amines) is 1. The Bertz CT molecular complexity index is 854. The van der Waals surface area contributed by atoms with E-state index in [-0.39, 0.29) is 5.41 Å². The lowest BCUT2D eigenvalue weighted by Gasteiger charge is -2.34. The Morgan fingerprint density at radius 2 is 2.04 bits per heavy atom. The van der Waals surface area contributed by atoms with Gasteiger partial charge in [-0.15, -0.1) is 0 Å². The minimum atomic E-state index is -0.397. The van der Waals surface area contributed by atoms with E-state index in [9.17, 15) is 4.79 Å². The van der Waals surface area contributed by atoms with Crippen LogP contribution in [0.4, 0.5) is 10.5 Å². The number of fused-ring (bicyclic) bond motifs is 3. The zero-order valence-corrected chi connectivity index (χ0v) is 16.9. The Labute approximate surface area is 167 Å². The average Bonchev–Trinajstić information content (AvgIpc) is 3.14. The smallest absolute Gasteiger partial charge is 0.410 e. The van der Waals surface area contributed by atoms with E-state index in [4.69, 9.17) is 4.74 Å². The topological polar surface area (TPSA) is 44.8 Å². The van der Waals surface area contributed by atoms with Gasteiger partial charge in [0.1, 0.15) is 5.75 Å². The highest BCUT2D eigenvalue weighted by molar-refractivity contribution is 5.72. The molecule has 1 N–H and O–H groups in total. The lowest BCUT2D eigenvalue weighted by atomic mass is 9.81. The minimum Gasteiger partial charge on any atom is -0.410 e. The molecule has 2 aromatic carbocycles. The lowest BCUT2D eigenvalue weighted by molar-refractivity contribution is 0.201. The van der Waals surface area contributed by atoms with Gasteiger partial charge in [-0.25, -0.2) is 4.79 Å². The molecule has 0 radical (unpaired) electrons. The van der Waals surface area contributed by atoms with Gasteiger partial charge in [0.15, 0.2) is 0 Å². The van der Waals surface area contributed by atoms with Crippen LogP contribution in [0.5, 0.6) is 5.75 Å². The summed E-state index contributed by atoms with van der Waals surface area (Å²) in [6, 6.07) is 16.7. The number of rotatable bonds is 5. The van der Waals surface area contributed by atoms with Crippen LogP contribution in [-0.2, 0) is 11.8 Å². The fourth-order valence-electron chi connectivity index (χ4n) is 4.89. The molecular weight excluding hydrogens is 350 g/mol. The molecule has 148 valence electrons. The number of amides is 1. The molecule has 0 bridgehead atoms. The van der Waals surface area contributed by atoms with Gasteiger partial charge < -0.3 is 15.0 Å². The maximum absolute atomic E-state index is 11.8. The van der Waals surface area contributed by atoms with E-state index in [1.54, 1.807) is 0 Å². The molecule has 0 aromatic heterocycles. The van der Waals surface area contributed by atoms with Gasteiger partial charge >= 0.3 is 6.09 Å². The molecule has 1 amide bonds. The van der Waals surface area contributed by atoms with Gasteiger partial charge in [0.25, 0.3) is 0 Å². The molecule has 5 nitrogen and oxygen atoms in total. The molecule has 1 fully saturated rings. The van der Waals surface area contributed by atoms with Crippen LogP contribution in [-0.4, -0.2) is 43.8 Å². The third-order valence-electron chi connectivity index (χ3n) is 6.23. The molecule has 2 heterocycles. The van der Waals surface area contributed by atoms with E-state index in [1.807, 2.05) is 13.0 Å². The van der Waals surface area contributed by atoms with E-state index < -0.39 is 6.09 Å². The summed E-state index contributed by atoms with van der Waals surface area (Å²) in [7, 11) is 2.18. The summed E-state index contributed by atoms with van der Waals surface area (Å²) in [5.74, 6) is 0.614. The zero-order chi connectivity index (χ0) is 19.7. The number of nitrogens with zero attached hydrogens (tertiary/aromatic N) is 2. The third kappa shape index (κ3) is 3.24. The summed E-state index contributed by atoms with van der Waals surface area (Å²) in [4.78, 5) is 16.8. The van der Waals surface area contributed by atoms with Gasteiger partial charge in [-0.1, -0.05) is 37.3 Å². The van der Waals surface area contributed by atoms with Crippen molar-refractivity contribution in [2.75, 3.05) is 31.6 Å². The summed E-state index contributed by atoms with van der Waals surface area (Å²) >= 11 is 0. The number of anilines is 1. The van der Waals surface area contributed by atoms with Crippen molar-refractivity contribution in [3.05, 3.63) is 59.7 Å². The average molecular weight is 380 g/mol. The number of likely N-dealkylation sites (N-methyl/N-ethyl adjacent to an activating group) is 1. The van der Waals surface area contributed by atoms with Gasteiger partial charge in [-0.05, 0) is 49.1 Å². The summed E-state index contributed by atoms with van der Waals surface area (Å²) in [5.41, 5.74) is 3.94. The van der Waals surface area contributed by atoms with E-state index >= 15 is 0 Å². The van der Waals surface area contributed by atoms with E-state index in [1.165, 1.54) is 16.8 Å². The number of carbonyl (C=O) groups is 1. The van der Waals surface area contributed by atoms with Crippen LogP contribution in [0.15, 0.2) is 48.5 Å². The minimum absolute atomic E-state index is 0.0430. The van der Waals surface area contributed by atoms with Crippen LogP contribution in [0, 0.1) is 0 Å². The number of carbonyl (C=O) groups excluding carboxylic acids is 1. The highest BCUT2D eigenvalue weighted by Crippen LogP contribution is 2.52. The van der Waals surface area contributed by atoms with Crippen molar-refractivity contribution in [3.8, 4) is 5.75 Å². The van der Waals surface area contributed by atoms with E-state index in [0.717, 1.165) is 25.9 Å². The van der Waals surface area contributed by atoms with Crippen LogP contribution in [0.25, 0.3) is 0 Å². The molecule has 4 rings (SSSR count). The molecule has 0 spiro atoms. The fraction of sp³-hybridized carbons (Fsp3) is 0.435. The molecule has 2 atom stereocenters. The maximum Gasteiger partial charge on any atom is 0.412 e. The molecule has 0 aliphatic carbocycles. The van der Waals surface area contributed by atoms with Crippen molar-refractivity contribution < 1.29 is 9.53 Å². The molecule has 1 unspecified atom stereocenters. The van der Waals surface area contributed by atoms with Crippen molar-refractivity contribution in [2.24, 2.45) is 0 Å². The van der Waals surface area contributed by atoms with Gasteiger partial charge in [0.2, 0.25) is 0 Å². The predicted molar refractivity (Wildman–Crippen MR) is 112 cm³/mol. The van der Waals surface area contributed by atoms with Crippen LogP contribution < -0.4 is 15.0 Å². The molecule has 2 aliphatic heterocycles. The molecule has 0 saturated carbocycles. The second kappa shape index (κ2) is 7.47.